The van der Waals surface area contributed by atoms with Gasteiger partial charge in [-0.2, -0.15) is 0 Å². The van der Waals surface area contributed by atoms with Gasteiger partial charge in [-0.05, 0) is 68.4 Å². The van der Waals surface area contributed by atoms with Crippen molar-refractivity contribution in [1.82, 2.24) is 20.1 Å². The van der Waals surface area contributed by atoms with E-state index in [0.29, 0.717) is 31.7 Å². The van der Waals surface area contributed by atoms with Crippen LogP contribution >= 0.6 is 0 Å². The quantitative estimate of drug-likeness (QED) is 0.496. The fourth-order valence-electron chi connectivity index (χ4n) is 5.30. The molecule has 1 aromatic carbocycles. The second-order valence-electron chi connectivity index (χ2n) is 10.7. The number of benzene rings is 1. The van der Waals surface area contributed by atoms with E-state index in [1.54, 1.807) is 6.20 Å². The van der Waals surface area contributed by atoms with Crippen LogP contribution in [0.2, 0.25) is 0 Å². The number of ether oxygens (including phenoxy) is 1. The van der Waals surface area contributed by atoms with Gasteiger partial charge in [-0.25, -0.2) is 0 Å². The first-order chi connectivity index (χ1) is 17.3. The molecule has 2 fully saturated rings. The van der Waals surface area contributed by atoms with Gasteiger partial charge in [0.2, 0.25) is 11.8 Å². The lowest BCUT2D eigenvalue weighted by atomic mass is 9.80. The number of aryl methyl sites for hydroxylation is 1. The van der Waals surface area contributed by atoms with Crippen molar-refractivity contribution in [3.63, 3.8) is 0 Å². The minimum atomic E-state index is -0.712. The molecule has 7 heteroatoms. The highest BCUT2D eigenvalue weighted by molar-refractivity contribution is 6.00. The molecule has 1 N–H and O–H groups in total. The fourth-order valence-corrected chi connectivity index (χ4v) is 5.30. The molecule has 2 amide bonds. The van der Waals surface area contributed by atoms with E-state index >= 15 is 0 Å². The van der Waals surface area contributed by atoms with Crippen molar-refractivity contribution < 1.29 is 14.3 Å². The lowest BCUT2D eigenvalue weighted by Crippen LogP contribution is -2.73. The molecule has 0 bridgehead atoms. The summed E-state index contributed by atoms with van der Waals surface area (Å²) in [5.41, 5.74) is 1.44. The zero-order chi connectivity index (χ0) is 25.7. The highest BCUT2D eigenvalue weighted by Crippen LogP contribution is 2.35. The van der Waals surface area contributed by atoms with E-state index in [1.807, 2.05) is 36.1 Å². The molecular weight excluding hydrogens is 464 g/mol. The van der Waals surface area contributed by atoms with Crippen LogP contribution in [0.15, 0.2) is 42.6 Å². The Bertz CT molecular complexity index is 1030. The molecular formula is C30H44N4O3. The molecule has 7 nitrogen and oxygen atoms in total. The third-order valence-corrected chi connectivity index (χ3v) is 7.38. The van der Waals surface area contributed by atoms with Gasteiger partial charge >= 0.3 is 0 Å². The lowest BCUT2D eigenvalue weighted by Gasteiger charge is -2.52. The zero-order valence-electron chi connectivity index (χ0n) is 22.1. The molecule has 1 spiro atoms. The molecule has 2 saturated heterocycles. The lowest BCUT2D eigenvalue weighted by molar-refractivity contribution is -0.161. The Morgan fingerprint density at radius 2 is 1.76 bits per heavy atom. The summed E-state index contributed by atoms with van der Waals surface area (Å²) in [6, 6.07) is 11.6. The molecule has 1 aromatic heterocycles. The Morgan fingerprint density at radius 3 is 2.35 bits per heavy atom. The smallest absolute Gasteiger partial charge is 0.246 e. The van der Waals surface area contributed by atoms with Crippen LogP contribution in [0.5, 0.6) is 11.5 Å². The first kappa shape index (κ1) is 28.6. The molecule has 202 valence electrons. The van der Waals surface area contributed by atoms with Crippen LogP contribution in [0.3, 0.4) is 0 Å². The molecule has 37 heavy (non-hydrogen) atoms. The van der Waals surface area contributed by atoms with Crippen molar-refractivity contribution in [3.05, 3.63) is 53.9 Å². The van der Waals surface area contributed by atoms with E-state index in [4.69, 9.17) is 4.74 Å². The van der Waals surface area contributed by atoms with Crippen molar-refractivity contribution in [2.45, 2.75) is 85.4 Å². The molecule has 0 aliphatic carbocycles. The number of amides is 2. The van der Waals surface area contributed by atoms with Gasteiger partial charge in [0.1, 0.15) is 23.1 Å². The van der Waals surface area contributed by atoms with Crippen LogP contribution in [0.4, 0.5) is 0 Å². The average Bonchev–Trinajstić information content (AvgIpc) is 2.86. The molecule has 0 saturated carbocycles. The van der Waals surface area contributed by atoms with Crippen LogP contribution in [-0.4, -0.2) is 57.8 Å². The average molecular weight is 509 g/mol. The Labute approximate surface area is 222 Å². The minimum absolute atomic E-state index is 0. The SMILES string of the molecule is C.CCCCN1C(=O)[C@H](CC(C)C)NC(=O)C12CCN(Cc1ccc(Oc3ccc(C)nc3)cc1)CC2. The predicted molar refractivity (Wildman–Crippen MR) is 147 cm³/mol. The maximum atomic E-state index is 13.4. The number of nitrogens with zero attached hydrogens (tertiary/aromatic N) is 3. The van der Waals surface area contributed by atoms with Gasteiger partial charge in [0.25, 0.3) is 0 Å². The Balaban J connectivity index is 0.00000380. The molecule has 2 aliphatic heterocycles. The van der Waals surface area contributed by atoms with E-state index in [-0.39, 0.29) is 19.2 Å². The van der Waals surface area contributed by atoms with E-state index < -0.39 is 11.6 Å². The second kappa shape index (κ2) is 12.5. The molecule has 2 aliphatic rings. The molecule has 0 radical (unpaired) electrons. The van der Waals surface area contributed by atoms with Crippen molar-refractivity contribution in [3.8, 4) is 11.5 Å². The monoisotopic (exact) mass is 508 g/mol. The summed E-state index contributed by atoms with van der Waals surface area (Å²) < 4.78 is 5.89. The molecule has 1 atom stereocenters. The number of piperidine rings is 1. The minimum Gasteiger partial charge on any atom is -0.456 e. The Hall–Kier alpha value is -2.93. The molecule has 3 heterocycles. The number of rotatable bonds is 9. The first-order valence-electron chi connectivity index (χ1n) is 13.3. The normalized spacial score (nSPS) is 19.6. The maximum Gasteiger partial charge on any atom is 0.246 e. The van der Waals surface area contributed by atoms with Gasteiger partial charge in [-0.1, -0.05) is 46.8 Å². The standard InChI is InChI=1S/C29H40N4O3.CH4/c1-5-6-15-33-27(34)26(18-21(2)3)31-28(35)29(33)13-16-32(17-14-29)20-23-8-11-24(12-9-23)36-25-10-7-22(4)30-19-25;/h7-12,19,21,26H,5-6,13-18,20H2,1-4H3,(H,31,35);1H4/t26-;/m0./s1. The van der Waals surface area contributed by atoms with Gasteiger partial charge in [-0.15, -0.1) is 0 Å². The topological polar surface area (TPSA) is 74.8 Å². The number of hydrogen-bond donors (Lipinski definition) is 1. The summed E-state index contributed by atoms with van der Waals surface area (Å²) in [5.74, 6) is 1.99. The molecule has 0 unspecified atom stereocenters. The third kappa shape index (κ3) is 6.69. The first-order valence-corrected chi connectivity index (χ1v) is 13.3. The third-order valence-electron chi connectivity index (χ3n) is 7.38. The molecule has 4 rings (SSSR count). The summed E-state index contributed by atoms with van der Waals surface area (Å²) >= 11 is 0. The summed E-state index contributed by atoms with van der Waals surface area (Å²) in [7, 11) is 0. The Kier molecular flexibility index (Phi) is 9.71. The second-order valence-corrected chi connectivity index (χ2v) is 10.7. The van der Waals surface area contributed by atoms with Gasteiger partial charge in [0.15, 0.2) is 0 Å². The number of aromatic nitrogens is 1. The predicted octanol–water partition coefficient (Wildman–Crippen LogP) is 5.33. The number of hydrogen-bond acceptors (Lipinski definition) is 5. The highest BCUT2D eigenvalue weighted by atomic mass is 16.5. The van der Waals surface area contributed by atoms with Crippen molar-refractivity contribution in [2.24, 2.45) is 5.92 Å². The van der Waals surface area contributed by atoms with Crippen LogP contribution in [0.1, 0.15) is 71.6 Å². The van der Waals surface area contributed by atoms with Gasteiger partial charge in [0, 0.05) is 31.9 Å². The van der Waals surface area contributed by atoms with Gasteiger partial charge < -0.3 is 15.0 Å². The van der Waals surface area contributed by atoms with Gasteiger partial charge in [-0.3, -0.25) is 19.5 Å². The number of carbonyl (C=O) groups is 2. The maximum absolute atomic E-state index is 13.4. The summed E-state index contributed by atoms with van der Waals surface area (Å²) in [5, 5.41) is 3.09. The Morgan fingerprint density at radius 1 is 1.08 bits per heavy atom. The largest absolute Gasteiger partial charge is 0.456 e. The number of unbranched alkanes of at least 4 members (excludes halogenated alkanes) is 1. The van der Waals surface area contributed by atoms with E-state index in [9.17, 15) is 9.59 Å². The van der Waals surface area contributed by atoms with Crippen LogP contribution in [0.25, 0.3) is 0 Å². The van der Waals surface area contributed by atoms with Crippen molar-refractivity contribution >= 4 is 11.8 Å². The van der Waals surface area contributed by atoms with Gasteiger partial charge in [0.05, 0.1) is 6.20 Å². The van der Waals surface area contributed by atoms with Crippen LogP contribution in [0, 0.1) is 12.8 Å². The van der Waals surface area contributed by atoms with Crippen molar-refractivity contribution in [2.75, 3.05) is 19.6 Å². The van der Waals surface area contributed by atoms with Crippen molar-refractivity contribution in [1.29, 1.82) is 0 Å². The number of pyridine rings is 1. The van der Waals surface area contributed by atoms with E-state index in [2.05, 4.69) is 48.1 Å². The van der Waals surface area contributed by atoms with E-state index in [1.165, 1.54) is 5.56 Å². The number of carbonyl (C=O) groups excluding carboxylic acids is 2. The highest BCUT2D eigenvalue weighted by Gasteiger charge is 2.53. The number of nitrogens with one attached hydrogen (secondary N) is 1. The number of likely N-dealkylation sites (tertiary alicyclic amines) is 1. The van der Waals surface area contributed by atoms with E-state index in [0.717, 1.165) is 49.7 Å². The molecule has 2 aromatic rings. The fraction of sp³-hybridized carbons (Fsp3) is 0.567. The van der Waals surface area contributed by atoms with Crippen LogP contribution in [-0.2, 0) is 16.1 Å². The van der Waals surface area contributed by atoms with Crippen LogP contribution < -0.4 is 10.1 Å². The summed E-state index contributed by atoms with van der Waals surface area (Å²) in [6.07, 6.45) is 5.69. The zero-order valence-corrected chi connectivity index (χ0v) is 22.1. The summed E-state index contributed by atoms with van der Waals surface area (Å²) in [4.78, 5) is 35.4. The summed E-state index contributed by atoms with van der Waals surface area (Å²) in [6.45, 7) is 11.3. The number of piperazine rings is 1.